The van der Waals surface area contributed by atoms with Crippen molar-refractivity contribution in [1.29, 1.82) is 0 Å². The number of hydrogen-bond acceptors (Lipinski definition) is 3. The third-order valence-corrected chi connectivity index (χ3v) is 3.74. The zero-order chi connectivity index (χ0) is 9.69. The molecule has 2 saturated heterocycles. The van der Waals surface area contributed by atoms with E-state index in [0.29, 0.717) is 12.3 Å². The molecule has 0 aromatic carbocycles. The van der Waals surface area contributed by atoms with Crippen LogP contribution in [0.2, 0.25) is 0 Å². The lowest BCUT2D eigenvalue weighted by molar-refractivity contribution is -0.488. The Kier molecular flexibility index (Phi) is 1.95. The van der Waals surface area contributed by atoms with Crippen LogP contribution in [0.5, 0.6) is 0 Å². The van der Waals surface area contributed by atoms with E-state index in [-0.39, 0.29) is 11.7 Å². The SMILES string of the molecule is CC(C)C12CCC(C)(OO1)C(O)C2. The van der Waals surface area contributed by atoms with Crippen molar-refractivity contribution in [3.05, 3.63) is 0 Å². The van der Waals surface area contributed by atoms with Gasteiger partial charge in [-0.1, -0.05) is 13.8 Å². The molecule has 1 saturated carbocycles. The van der Waals surface area contributed by atoms with E-state index in [4.69, 9.17) is 9.78 Å². The van der Waals surface area contributed by atoms with E-state index in [1.165, 1.54) is 0 Å². The molecule has 1 aliphatic carbocycles. The van der Waals surface area contributed by atoms with Crippen LogP contribution >= 0.6 is 0 Å². The van der Waals surface area contributed by atoms with Crippen molar-refractivity contribution in [1.82, 2.24) is 0 Å². The van der Waals surface area contributed by atoms with Gasteiger partial charge in [-0.25, -0.2) is 9.78 Å². The van der Waals surface area contributed by atoms with Crippen molar-refractivity contribution >= 4 is 0 Å². The van der Waals surface area contributed by atoms with Crippen LogP contribution in [-0.2, 0) is 9.78 Å². The minimum absolute atomic E-state index is 0.239. The molecule has 3 rings (SSSR count). The lowest BCUT2D eigenvalue weighted by Crippen LogP contribution is -2.62. The van der Waals surface area contributed by atoms with Crippen LogP contribution in [0.1, 0.15) is 40.0 Å². The lowest BCUT2D eigenvalue weighted by Gasteiger charge is -2.54. The monoisotopic (exact) mass is 186 g/mol. The molecule has 3 atom stereocenters. The summed E-state index contributed by atoms with van der Waals surface area (Å²) in [5, 5.41) is 9.87. The fourth-order valence-electron chi connectivity index (χ4n) is 2.24. The number of rotatable bonds is 1. The molecule has 3 heteroatoms. The second-order valence-electron chi connectivity index (χ2n) is 4.92. The summed E-state index contributed by atoms with van der Waals surface area (Å²) in [7, 11) is 0. The molecule has 0 aromatic heterocycles. The van der Waals surface area contributed by atoms with E-state index in [0.717, 1.165) is 12.8 Å². The molecule has 0 radical (unpaired) electrons. The molecule has 13 heavy (non-hydrogen) atoms. The fraction of sp³-hybridized carbons (Fsp3) is 1.00. The largest absolute Gasteiger partial charge is 0.390 e. The standard InChI is InChI=1S/C10H18O3/c1-7(2)10-5-4-9(3,12-13-10)8(11)6-10/h7-8,11H,4-6H2,1-3H3. The minimum Gasteiger partial charge on any atom is -0.390 e. The smallest absolute Gasteiger partial charge is 0.127 e. The molecule has 3 fully saturated rings. The summed E-state index contributed by atoms with van der Waals surface area (Å²) in [5.41, 5.74) is -0.701. The predicted molar refractivity (Wildman–Crippen MR) is 48.0 cm³/mol. The van der Waals surface area contributed by atoms with E-state index >= 15 is 0 Å². The number of aliphatic hydroxyl groups is 1. The second-order valence-corrected chi connectivity index (χ2v) is 4.92. The van der Waals surface area contributed by atoms with Crippen LogP contribution in [0.25, 0.3) is 0 Å². The molecule has 2 heterocycles. The Morgan fingerprint density at radius 1 is 1.31 bits per heavy atom. The average Bonchev–Trinajstić information content (AvgIpc) is 2.08. The quantitative estimate of drug-likeness (QED) is 0.633. The van der Waals surface area contributed by atoms with Gasteiger partial charge in [0, 0.05) is 6.42 Å². The molecule has 0 amide bonds. The Morgan fingerprint density at radius 3 is 2.38 bits per heavy atom. The van der Waals surface area contributed by atoms with Gasteiger partial charge in [0.25, 0.3) is 0 Å². The first-order valence-electron chi connectivity index (χ1n) is 5.03. The second kappa shape index (κ2) is 2.69. The van der Waals surface area contributed by atoms with E-state index < -0.39 is 5.60 Å². The van der Waals surface area contributed by atoms with Crippen molar-refractivity contribution < 1.29 is 14.9 Å². The van der Waals surface area contributed by atoms with E-state index in [1.807, 2.05) is 6.92 Å². The Morgan fingerprint density at radius 2 is 2.00 bits per heavy atom. The van der Waals surface area contributed by atoms with Gasteiger partial charge in [-0.15, -0.1) is 0 Å². The average molecular weight is 186 g/mol. The lowest BCUT2D eigenvalue weighted by atomic mass is 9.69. The van der Waals surface area contributed by atoms with Crippen LogP contribution < -0.4 is 0 Å². The van der Waals surface area contributed by atoms with E-state index in [1.54, 1.807) is 0 Å². The van der Waals surface area contributed by atoms with E-state index in [9.17, 15) is 5.11 Å². The Bertz CT molecular complexity index is 204. The van der Waals surface area contributed by atoms with Gasteiger partial charge < -0.3 is 5.11 Å². The molecule has 3 aliphatic rings. The molecular formula is C10H18O3. The van der Waals surface area contributed by atoms with Gasteiger partial charge in [0.1, 0.15) is 11.2 Å². The third kappa shape index (κ3) is 1.22. The van der Waals surface area contributed by atoms with Crippen LogP contribution in [-0.4, -0.2) is 22.4 Å². The molecule has 0 spiro atoms. The molecular weight excluding hydrogens is 168 g/mol. The van der Waals surface area contributed by atoms with Crippen molar-refractivity contribution in [3.63, 3.8) is 0 Å². The van der Waals surface area contributed by atoms with E-state index in [2.05, 4.69) is 13.8 Å². The summed E-state index contributed by atoms with van der Waals surface area (Å²) >= 11 is 0. The summed E-state index contributed by atoms with van der Waals surface area (Å²) in [6, 6.07) is 0. The highest BCUT2D eigenvalue weighted by molar-refractivity contribution is 5.02. The Balaban J connectivity index is 2.21. The maximum atomic E-state index is 9.87. The first-order chi connectivity index (χ1) is 5.99. The third-order valence-electron chi connectivity index (χ3n) is 3.74. The Hall–Kier alpha value is -0.120. The summed E-state index contributed by atoms with van der Waals surface area (Å²) in [6.07, 6.45) is 2.23. The number of hydrogen-bond donors (Lipinski definition) is 1. The first kappa shape index (κ1) is 9.44. The van der Waals surface area contributed by atoms with Crippen molar-refractivity contribution in [2.75, 3.05) is 0 Å². The van der Waals surface area contributed by atoms with Crippen LogP contribution in [0.15, 0.2) is 0 Å². The van der Waals surface area contributed by atoms with Gasteiger partial charge >= 0.3 is 0 Å². The Labute approximate surface area is 79.0 Å². The van der Waals surface area contributed by atoms with Crippen LogP contribution in [0.4, 0.5) is 0 Å². The maximum absolute atomic E-state index is 9.87. The van der Waals surface area contributed by atoms with Gasteiger partial charge in [-0.05, 0) is 25.7 Å². The van der Waals surface area contributed by atoms with Gasteiger partial charge in [-0.3, -0.25) is 0 Å². The number of aliphatic hydroxyl groups excluding tert-OH is 1. The van der Waals surface area contributed by atoms with Crippen LogP contribution in [0.3, 0.4) is 0 Å². The highest BCUT2D eigenvalue weighted by atomic mass is 17.2. The van der Waals surface area contributed by atoms with Crippen molar-refractivity contribution in [2.24, 2.45) is 5.92 Å². The van der Waals surface area contributed by atoms with Gasteiger partial charge in [0.05, 0.1) is 6.10 Å². The van der Waals surface area contributed by atoms with Gasteiger partial charge in [0.2, 0.25) is 0 Å². The van der Waals surface area contributed by atoms with Gasteiger partial charge in [-0.2, -0.15) is 0 Å². The maximum Gasteiger partial charge on any atom is 0.127 e. The molecule has 1 N–H and O–H groups in total. The summed E-state index contributed by atoms with van der Waals surface area (Å²) in [4.78, 5) is 10.7. The van der Waals surface area contributed by atoms with Crippen molar-refractivity contribution in [2.45, 2.75) is 57.3 Å². The van der Waals surface area contributed by atoms with Gasteiger partial charge in [0.15, 0.2) is 0 Å². The molecule has 2 aliphatic heterocycles. The van der Waals surface area contributed by atoms with Crippen molar-refractivity contribution in [3.8, 4) is 0 Å². The summed E-state index contributed by atoms with van der Waals surface area (Å²) in [6.45, 7) is 6.15. The molecule has 2 bridgehead atoms. The molecule has 0 aromatic rings. The predicted octanol–water partition coefficient (Wildman–Crippen LogP) is 1.65. The summed E-state index contributed by atoms with van der Waals surface area (Å²) in [5.74, 6) is 0.395. The number of fused-ring (bicyclic) bond motifs is 3. The summed E-state index contributed by atoms with van der Waals surface area (Å²) < 4.78 is 0. The molecule has 3 nitrogen and oxygen atoms in total. The minimum atomic E-state index is -0.462. The molecule has 76 valence electrons. The fourth-order valence-corrected chi connectivity index (χ4v) is 2.24. The first-order valence-corrected chi connectivity index (χ1v) is 5.03. The highest BCUT2D eigenvalue weighted by Crippen LogP contribution is 2.48. The zero-order valence-corrected chi connectivity index (χ0v) is 8.54. The highest BCUT2D eigenvalue weighted by Gasteiger charge is 2.56. The zero-order valence-electron chi connectivity index (χ0n) is 8.54. The molecule has 3 unspecified atom stereocenters. The normalized spacial score (nSPS) is 50.1. The van der Waals surface area contributed by atoms with Crippen LogP contribution in [0, 0.1) is 5.92 Å². The topological polar surface area (TPSA) is 38.7 Å².